The van der Waals surface area contributed by atoms with Gasteiger partial charge >= 0.3 is 0 Å². The van der Waals surface area contributed by atoms with Crippen LogP contribution in [0.15, 0.2) is 12.1 Å². The second kappa shape index (κ2) is 9.57. The lowest BCUT2D eigenvalue weighted by molar-refractivity contribution is -0.124. The second-order valence-corrected chi connectivity index (χ2v) is 5.37. The fourth-order valence-corrected chi connectivity index (χ4v) is 2.10. The first kappa shape index (κ1) is 21.5. The molecule has 0 fully saturated rings. The van der Waals surface area contributed by atoms with Gasteiger partial charge in [-0.05, 0) is 18.9 Å². The molecule has 132 valence electrons. The van der Waals surface area contributed by atoms with E-state index in [9.17, 15) is 9.18 Å². The number of halogens is 2. The Hall–Kier alpha value is -1.53. The molecule has 0 aliphatic rings. The summed E-state index contributed by atoms with van der Waals surface area (Å²) in [7, 11) is 2.91. The molecule has 1 aromatic rings. The van der Waals surface area contributed by atoms with E-state index in [4.69, 9.17) is 15.2 Å². The van der Waals surface area contributed by atoms with Crippen LogP contribution in [-0.2, 0) is 4.79 Å². The lowest BCUT2D eigenvalue weighted by Gasteiger charge is -2.22. The Morgan fingerprint density at radius 3 is 2.26 bits per heavy atom. The molecular formula is C16H26ClFN2O3. The third-order valence-electron chi connectivity index (χ3n) is 3.89. The summed E-state index contributed by atoms with van der Waals surface area (Å²) in [6, 6.07) is 1.62. The molecule has 23 heavy (non-hydrogen) atoms. The van der Waals surface area contributed by atoms with E-state index >= 15 is 0 Å². The predicted molar refractivity (Wildman–Crippen MR) is 90.7 cm³/mol. The van der Waals surface area contributed by atoms with Gasteiger partial charge in [0.2, 0.25) is 5.91 Å². The number of ether oxygens (including phenoxy) is 2. The third-order valence-corrected chi connectivity index (χ3v) is 3.89. The number of nitrogens with one attached hydrogen (secondary N) is 1. The topological polar surface area (TPSA) is 73.6 Å². The van der Waals surface area contributed by atoms with Crippen molar-refractivity contribution in [3.63, 3.8) is 0 Å². The molecule has 3 unspecified atom stereocenters. The molecule has 1 amide bonds. The number of hydrogen-bond donors (Lipinski definition) is 2. The van der Waals surface area contributed by atoms with Crippen molar-refractivity contribution in [2.45, 2.75) is 39.3 Å². The van der Waals surface area contributed by atoms with Gasteiger partial charge in [0, 0.05) is 11.6 Å². The molecule has 0 saturated heterocycles. The highest BCUT2D eigenvalue weighted by molar-refractivity contribution is 5.85. The zero-order valence-corrected chi connectivity index (χ0v) is 15.0. The number of carbonyl (C=O) groups is 1. The zero-order chi connectivity index (χ0) is 16.9. The molecular weight excluding hydrogens is 323 g/mol. The minimum atomic E-state index is -0.615. The molecule has 0 radical (unpaired) electrons. The van der Waals surface area contributed by atoms with Crippen molar-refractivity contribution >= 4 is 18.3 Å². The monoisotopic (exact) mass is 348 g/mol. The summed E-state index contributed by atoms with van der Waals surface area (Å²) >= 11 is 0. The van der Waals surface area contributed by atoms with E-state index in [0.717, 1.165) is 6.42 Å². The average Bonchev–Trinajstić information content (AvgIpc) is 2.52. The average molecular weight is 349 g/mol. The van der Waals surface area contributed by atoms with Gasteiger partial charge in [-0.2, -0.15) is 0 Å². The first-order chi connectivity index (χ1) is 10.3. The van der Waals surface area contributed by atoms with Crippen molar-refractivity contribution in [2.24, 2.45) is 11.7 Å². The first-order valence-corrected chi connectivity index (χ1v) is 7.33. The summed E-state index contributed by atoms with van der Waals surface area (Å²) in [6.45, 7) is 5.58. The van der Waals surface area contributed by atoms with E-state index in [2.05, 4.69) is 5.32 Å². The SMILES string of the molecule is CCC(C)C(N)C(=O)NC(C)c1cc(OC)c(OC)cc1F.Cl. The lowest BCUT2D eigenvalue weighted by Crippen LogP contribution is -2.45. The Morgan fingerprint density at radius 2 is 1.78 bits per heavy atom. The predicted octanol–water partition coefficient (Wildman–Crippen LogP) is 2.82. The van der Waals surface area contributed by atoms with Crippen LogP contribution in [0.4, 0.5) is 4.39 Å². The zero-order valence-electron chi connectivity index (χ0n) is 14.2. The van der Waals surface area contributed by atoms with Crippen LogP contribution in [0.5, 0.6) is 11.5 Å². The van der Waals surface area contributed by atoms with Crippen LogP contribution in [-0.4, -0.2) is 26.2 Å². The van der Waals surface area contributed by atoms with Gasteiger partial charge in [0.15, 0.2) is 11.5 Å². The van der Waals surface area contributed by atoms with Crippen LogP contribution in [0, 0.1) is 11.7 Å². The maximum absolute atomic E-state index is 14.2. The summed E-state index contributed by atoms with van der Waals surface area (Å²) < 4.78 is 24.4. The van der Waals surface area contributed by atoms with Crippen molar-refractivity contribution < 1.29 is 18.7 Å². The fraction of sp³-hybridized carbons (Fsp3) is 0.562. The van der Waals surface area contributed by atoms with Crippen LogP contribution in [0.3, 0.4) is 0 Å². The van der Waals surface area contributed by atoms with Crippen molar-refractivity contribution in [3.8, 4) is 11.5 Å². The third kappa shape index (κ3) is 5.25. The van der Waals surface area contributed by atoms with E-state index in [1.807, 2.05) is 13.8 Å². The second-order valence-electron chi connectivity index (χ2n) is 5.37. The first-order valence-electron chi connectivity index (χ1n) is 7.33. The molecule has 0 heterocycles. The number of carbonyl (C=O) groups excluding carboxylic acids is 1. The molecule has 0 aliphatic carbocycles. The maximum Gasteiger partial charge on any atom is 0.237 e. The number of benzene rings is 1. The molecule has 5 nitrogen and oxygen atoms in total. The minimum absolute atomic E-state index is 0. The van der Waals surface area contributed by atoms with Crippen LogP contribution >= 0.6 is 12.4 Å². The number of methoxy groups -OCH3 is 2. The van der Waals surface area contributed by atoms with Crippen molar-refractivity contribution in [1.29, 1.82) is 0 Å². The van der Waals surface area contributed by atoms with Crippen molar-refractivity contribution in [1.82, 2.24) is 5.32 Å². The molecule has 1 aromatic carbocycles. The summed E-state index contributed by atoms with van der Waals surface area (Å²) in [4.78, 5) is 12.1. The molecule has 7 heteroatoms. The fourth-order valence-electron chi connectivity index (χ4n) is 2.10. The molecule has 1 rings (SSSR count). The van der Waals surface area contributed by atoms with Gasteiger partial charge in [0.05, 0.1) is 26.3 Å². The summed E-state index contributed by atoms with van der Waals surface area (Å²) in [5.41, 5.74) is 6.21. The van der Waals surface area contributed by atoms with Crippen LogP contribution in [0.2, 0.25) is 0 Å². The van der Waals surface area contributed by atoms with Crippen LogP contribution in [0.1, 0.15) is 38.8 Å². The molecule has 3 N–H and O–H groups in total. The van der Waals surface area contributed by atoms with Gasteiger partial charge in [-0.1, -0.05) is 20.3 Å². The smallest absolute Gasteiger partial charge is 0.237 e. The van der Waals surface area contributed by atoms with E-state index in [0.29, 0.717) is 17.1 Å². The molecule has 0 saturated carbocycles. The van der Waals surface area contributed by atoms with E-state index in [1.165, 1.54) is 26.4 Å². The van der Waals surface area contributed by atoms with Gasteiger partial charge in [-0.3, -0.25) is 4.79 Å². The Labute approximate surface area is 143 Å². The van der Waals surface area contributed by atoms with E-state index in [-0.39, 0.29) is 24.2 Å². The van der Waals surface area contributed by atoms with Crippen LogP contribution in [0.25, 0.3) is 0 Å². The highest BCUT2D eigenvalue weighted by Crippen LogP contribution is 2.32. The Kier molecular flexibility index (Phi) is 8.94. The number of nitrogens with two attached hydrogens (primary N) is 1. The van der Waals surface area contributed by atoms with Gasteiger partial charge < -0.3 is 20.5 Å². The van der Waals surface area contributed by atoms with Gasteiger partial charge in [0.25, 0.3) is 0 Å². The summed E-state index contributed by atoms with van der Waals surface area (Å²) in [5.74, 6) is 0.00542. The number of amides is 1. The van der Waals surface area contributed by atoms with Crippen molar-refractivity contribution in [2.75, 3.05) is 14.2 Å². The molecule has 0 aliphatic heterocycles. The standard InChI is InChI=1S/C16H25FN2O3.ClH/c1-6-9(2)15(18)16(20)19-10(3)11-7-13(21-4)14(22-5)8-12(11)17;/h7-10,15H,6,18H2,1-5H3,(H,19,20);1H. The van der Waals surface area contributed by atoms with Gasteiger partial charge in [-0.15, -0.1) is 12.4 Å². The van der Waals surface area contributed by atoms with Gasteiger partial charge in [0.1, 0.15) is 5.82 Å². The summed E-state index contributed by atoms with van der Waals surface area (Å²) in [5, 5.41) is 2.74. The molecule has 3 atom stereocenters. The normalized spacial score (nSPS) is 14.2. The van der Waals surface area contributed by atoms with Crippen molar-refractivity contribution in [3.05, 3.63) is 23.5 Å². The van der Waals surface area contributed by atoms with Crippen LogP contribution < -0.4 is 20.5 Å². The summed E-state index contributed by atoms with van der Waals surface area (Å²) in [6.07, 6.45) is 0.799. The van der Waals surface area contributed by atoms with Gasteiger partial charge in [-0.25, -0.2) is 4.39 Å². The largest absolute Gasteiger partial charge is 0.493 e. The Bertz CT molecular complexity index is 528. The van der Waals surface area contributed by atoms with E-state index in [1.54, 1.807) is 6.92 Å². The highest BCUT2D eigenvalue weighted by Gasteiger charge is 2.23. The highest BCUT2D eigenvalue weighted by atomic mass is 35.5. The molecule has 0 aromatic heterocycles. The number of hydrogen-bond acceptors (Lipinski definition) is 4. The minimum Gasteiger partial charge on any atom is -0.493 e. The quantitative estimate of drug-likeness (QED) is 0.794. The maximum atomic E-state index is 14.2. The molecule has 0 bridgehead atoms. The molecule has 0 spiro atoms. The number of rotatable bonds is 7. The Morgan fingerprint density at radius 1 is 1.26 bits per heavy atom. The Balaban J connectivity index is 0.00000484. The van der Waals surface area contributed by atoms with E-state index < -0.39 is 17.9 Å². The lowest BCUT2D eigenvalue weighted by atomic mass is 9.98.